The average molecular weight is 290 g/mol. The monoisotopic (exact) mass is 290 g/mol. The first-order valence-corrected chi connectivity index (χ1v) is 6.09. The highest BCUT2D eigenvalue weighted by Gasteiger charge is 2.24. The third-order valence-corrected chi connectivity index (χ3v) is 3.00. The average Bonchev–Trinajstić information content (AvgIpc) is 2.82. The number of hydrogen-bond acceptors (Lipinski definition) is 5. The van der Waals surface area contributed by atoms with Crippen molar-refractivity contribution >= 4 is 17.3 Å². The second kappa shape index (κ2) is 5.61. The van der Waals surface area contributed by atoms with Gasteiger partial charge in [0.1, 0.15) is 5.69 Å². The summed E-state index contributed by atoms with van der Waals surface area (Å²) in [6, 6.07) is 4.01. The number of carboxylic acids is 1. The molecule has 8 nitrogen and oxygen atoms in total. The van der Waals surface area contributed by atoms with Crippen LogP contribution in [-0.2, 0) is 13.6 Å². The lowest BCUT2D eigenvalue weighted by Crippen LogP contribution is -2.20. The minimum Gasteiger partial charge on any atom is -0.478 e. The molecule has 1 aromatic carbocycles. The van der Waals surface area contributed by atoms with Crippen molar-refractivity contribution in [3.05, 3.63) is 51.8 Å². The van der Waals surface area contributed by atoms with Crippen LogP contribution < -0.4 is 4.90 Å². The molecule has 1 N–H and O–H groups in total. The molecular weight excluding hydrogens is 276 g/mol. The van der Waals surface area contributed by atoms with E-state index in [1.807, 2.05) is 0 Å². The van der Waals surface area contributed by atoms with Crippen molar-refractivity contribution in [1.82, 2.24) is 9.78 Å². The quantitative estimate of drug-likeness (QED) is 0.663. The first kappa shape index (κ1) is 14.5. The van der Waals surface area contributed by atoms with Crippen LogP contribution in [0.1, 0.15) is 15.9 Å². The van der Waals surface area contributed by atoms with Crippen LogP contribution >= 0.6 is 0 Å². The summed E-state index contributed by atoms with van der Waals surface area (Å²) in [4.78, 5) is 23.4. The zero-order valence-electron chi connectivity index (χ0n) is 11.6. The molecule has 8 heteroatoms. The summed E-state index contributed by atoms with van der Waals surface area (Å²) >= 11 is 0. The van der Waals surface area contributed by atoms with Gasteiger partial charge in [-0.2, -0.15) is 5.10 Å². The number of hydrogen-bond donors (Lipinski definition) is 1. The van der Waals surface area contributed by atoms with E-state index in [0.717, 1.165) is 5.56 Å². The fourth-order valence-corrected chi connectivity index (χ4v) is 2.16. The standard InChI is InChI=1S/C13H14N4O4/c1-15(7-9-6-14-16(2)8-9)12-10(13(18)19)4-3-5-11(12)17(20)21/h3-6,8H,7H2,1-2H3,(H,18,19). The highest BCUT2D eigenvalue weighted by Crippen LogP contribution is 2.32. The Bertz CT molecular complexity index is 663. The maximum absolute atomic E-state index is 11.3. The van der Waals surface area contributed by atoms with Crippen LogP contribution in [0.2, 0.25) is 0 Å². The molecule has 0 spiro atoms. The molecule has 0 radical (unpaired) electrons. The molecule has 0 aliphatic rings. The van der Waals surface area contributed by atoms with E-state index in [0.29, 0.717) is 6.54 Å². The Morgan fingerprint density at radius 1 is 1.52 bits per heavy atom. The van der Waals surface area contributed by atoms with Crippen LogP contribution in [0.5, 0.6) is 0 Å². The van der Waals surface area contributed by atoms with Crippen LogP contribution in [0.15, 0.2) is 30.6 Å². The molecule has 0 fully saturated rings. The van der Waals surface area contributed by atoms with Gasteiger partial charge in [0.25, 0.3) is 5.69 Å². The number of carboxylic acid groups (broad SMARTS) is 1. The summed E-state index contributed by atoms with van der Waals surface area (Å²) in [7, 11) is 3.37. The molecular formula is C13H14N4O4. The molecule has 0 aliphatic heterocycles. The van der Waals surface area contributed by atoms with E-state index in [-0.39, 0.29) is 16.9 Å². The Morgan fingerprint density at radius 3 is 2.76 bits per heavy atom. The molecule has 0 saturated carbocycles. The van der Waals surface area contributed by atoms with Gasteiger partial charge < -0.3 is 10.0 Å². The lowest BCUT2D eigenvalue weighted by Gasteiger charge is -2.20. The van der Waals surface area contributed by atoms with Crippen molar-refractivity contribution < 1.29 is 14.8 Å². The number of nitro groups is 1. The molecule has 0 atom stereocenters. The van der Waals surface area contributed by atoms with Gasteiger partial charge in [0, 0.05) is 38.5 Å². The number of aryl methyl sites for hydroxylation is 1. The third-order valence-electron chi connectivity index (χ3n) is 3.00. The predicted octanol–water partition coefficient (Wildman–Crippen LogP) is 1.66. The van der Waals surface area contributed by atoms with Gasteiger partial charge in [0.15, 0.2) is 0 Å². The largest absolute Gasteiger partial charge is 0.478 e. The number of nitrogens with zero attached hydrogens (tertiary/aromatic N) is 4. The highest BCUT2D eigenvalue weighted by atomic mass is 16.6. The van der Waals surface area contributed by atoms with Gasteiger partial charge in [0.05, 0.1) is 16.7 Å². The van der Waals surface area contributed by atoms with Crippen molar-refractivity contribution in [1.29, 1.82) is 0 Å². The van der Waals surface area contributed by atoms with Crippen LogP contribution in [0.25, 0.3) is 0 Å². The number of nitro benzene ring substituents is 1. The topological polar surface area (TPSA) is 102 Å². The van der Waals surface area contributed by atoms with Crippen molar-refractivity contribution in [3.63, 3.8) is 0 Å². The summed E-state index contributed by atoms with van der Waals surface area (Å²) < 4.78 is 1.61. The molecule has 110 valence electrons. The lowest BCUT2D eigenvalue weighted by molar-refractivity contribution is -0.384. The van der Waals surface area contributed by atoms with Crippen LogP contribution in [0, 0.1) is 10.1 Å². The normalized spacial score (nSPS) is 10.4. The number of carbonyl (C=O) groups is 1. The van der Waals surface area contributed by atoms with Gasteiger partial charge in [0.2, 0.25) is 0 Å². The molecule has 0 unspecified atom stereocenters. The molecule has 21 heavy (non-hydrogen) atoms. The van der Waals surface area contributed by atoms with E-state index in [4.69, 9.17) is 0 Å². The summed E-state index contributed by atoms with van der Waals surface area (Å²) in [5.74, 6) is -1.20. The van der Waals surface area contributed by atoms with Gasteiger partial charge in [-0.05, 0) is 6.07 Å². The Balaban J connectivity index is 2.44. The Hall–Kier alpha value is -2.90. The number of anilines is 1. The molecule has 2 aromatic rings. The summed E-state index contributed by atoms with van der Waals surface area (Å²) in [6.45, 7) is 0.318. The van der Waals surface area contributed by atoms with Crippen molar-refractivity contribution in [2.24, 2.45) is 7.05 Å². The molecule has 0 aliphatic carbocycles. The zero-order chi connectivity index (χ0) is 15.6. The van der Waals surface area contributed by atoms with Gasteiger partial charge in [-0.3, -0.25) is 14.8 Å². The highest BCUT2D eigenvalue weighted by molar-refractivity contribution is 5.97. The van der Waals surface area contributed by atoms with Crippen LogP contribution in [-0.4, -0.2) is 32.8 Å². The first-order valence-electron chi connectivity index (χ1n) is 6.09. The summed E-state index contributed by atoms with van der Waals surface area (Å²) in [5, 5.41) is 24.4. The van der Waals surface area contributed by atoms with E-state index in [1.54, 1.807) is 36.1 Å². The van der Waals surface area contributed by atoms with Crippen molar-refractivity contribution in [2.75, 3.05) is 11.9 Å². The minimum absolute atomic E-state index is 0.0823. The Morgan fingerprint density at radius 2 is 2.24 bits per heavy atom. The number of aromatic nitrogens is 2. The lowest BCUT2D eigenvalue weighted by atomic mass is 10.1. The van der Waals surface area contributed by atoms with Gasteiger partial charge in [-0.25, -0.2) is 4.79 Å². The molecule has 0 saturated heterocycles. The van der Waals surface area contributed by atoms with E-state index < -0.39 is 10.9 Å². The van der Waals surface area contributed by atoms with E-state index in [2.05, 4.69) is 5.10 Å². The van der Waals surface area contributed by atoms with Crippen molar-refractivity contribution in [3.8, 4) is 0 Å². The second-order valence-corrected chi connectivity index (χ2v) is 4.61. The summed E-state index contributed by atoms with van der Waals surface area (Å²) in [5.41, 5.74) is 0.574. The maximum atomic E-state index is 11.3. The number of para-hydroxylation sites is 1. The van der Waals surface area contributed by atoms with E-state index in [1.165, 1.54) is 18.2 Å². The van der Waals surface area contributed by atoms with Crippen LogP contribution in [0.3, 0.4) is 0 Å². The van der Waals surface area contributed by atoms with E-state index in [9.17, 15) is 20.0 Å². The predicted molar refractivity (Wildman–Crippen MR) is 75.4 cm³/mol. The van der Waals surface area contributed by atoms with Gasteiger partial charge in [-0.15, -0.1) is 0 Å². The van der Waals surface area contributed by atoms with E-state index >= 15 is 0 Å². The smallest absolute Gasteiger partial charge is 0.338 e. The zero-order valence-corrected chi connectivity index (χ0v) is 11.6. The molecule has 2 rings (SSSR count). The fraction of sp³-hybridized carbons (Fsp3) is 0.231. The minimum atomic E-state index is -1.20. The SMILES string of the molecule is CN(Cc1cnn(C)c1)c1c(C(=O)O)cccc1[N+](=O)[O-]. The second-order valence-electron chi connectivity index (χ2n) is 4.61. The fourth-order valence-electron chi connectivity index (χ4n) is 2.16. The van der Waals surface area contributed by atoms with Crippen LogP contribution in [0.4, 0.5) is 11.4 Å². The van der Waals surface area contributed by atoms with Crippen molar-refractivity contribution in [2.45, 2.75) is 6.54 Å². The molecule has 1 aromatic heterocycles. The van der Waals surface area contributed by atoms with Gasteiger partial charge >= 0.3 is 5.97 Å². The molecule has 0 bridgehead atoms. The number of aromatic carboxylic acids is 1. The number of benzene rings is 1. The van der Waals surface area contributed by atoms with Gasteiger partial charge in [-0.1, -0.05) is 6.07 Å². The first-order chi connectivity index (χ1) is 9.90. The third kappa shape index (κ3) is 2.99. The molecule has 1 heterocycles. The maximum Gasteiger partial charge on any atom is 0.338 e. The summed E-state index contributed by atoms with van der Waals surface area (Å²) in [6.07, 6.45) is 3.40. The molecule has 0 amide bonds. The Kier molecular flexibility index (Phi) is 3.88. The Labute approximate surface area is 120 Å². The number of rotatable bonds is 5.